The molecule has 3 aliphatic rings. The average Bonchev–Trinajstić information content (AvgIpc) is 2.71. The minimum atomic E-state index is 0.352. The maximum atomic E-state index is 5.49. The topological polar surface area (TPSA) is 12.5 Å². The van der Waals surface area contributed by atoms with E-state index in [0.717, 1.165) is 25.7 Å². The summed E-state index contributed by atoms with van der Waals surface area (Å²) < 4.78 is 5.49. The van der Waals surface area contributed by atoms with Crippen LogP contribution in [0.25, 0.3) is 0 Å². The molecule has 1 spiro atoms. The molecule has 2 heterocycles. The van der Waals surface area contributed by atoms with Gasteiger partial charge in [-0.15, -0.1) is 0 Å². The van der Waals surface area contributed by atoms with Gasteiger partial charge in [-0.2, -0.15) is 0 Å². The van der Waals surface area contributed by atoms with Crippen LogP contribution in [-0.2, 0) is 4.74 Å². The van der Waals surface area contributed by atoms with Crippen molar-refractivity contribution in [2.45, 2.75) is 45.1 Å². The third kappa shape index (κ3) is 2.29. The highest BCUT2D eigenvalue weighted by molar-refractivity contribution is 5.48. The number of rotatable bonds is 2. The second kappa shape index (κ2) is 5.50. The van der Waals surface area contributed by atoms with Crippen molar-refractivity contribution in [1.82, 2.24) is 4.90 Å². The molecular formula is C18H27NO. The molecule has 2 aliphatic heterocycles. The molecule has 2 nitrogen and oxygen atoms in total. The molecule has 1 aliphatic carbocycles. The molecular weight excluding hydrogens is 246 g/mol. The first-order chi connectivity index (χ1) is 9.66. The molecule has 2 saturated heterocycles. The number of allylic oxidation sites excluding steroid dienone is 4. The second-order valence-electron chi connectivity index (χ2n) is 6.68. The van der Waals surface area contributed by atoms with E-state index in [2.05, 4.69) is 31.1 Å². The smallest absolute Gasteiger partial charge is 0.0480 e. The Hall–Kier alpha value is -0.860. The molecule has 0 N–H and O–H groups in total. The van der Waals surface area contributed by atoms with Crippen LogP contribution in [0.1, 0.15) is 39.0 Å². The highest BCUT2D eigenvalue weighted by atomic mass is 16.5. The molecule has 2 fully saturated rings. The maximum absolute atomic E-state index is 5.49. The third-order valence-electron chi connectivity index (χ3n) is 5.72. The SMILES string of the molecule is C=CC1=C(C)C(=C)CC12CCN(C1CCOCC1)CC2. The van der Waals surface area contributed by atoms with Crippen LogP contribution in [0.3, 0.4) is 0 Å². The summed E-state index contributed by atoms with van der Waals surface area (Å²) in [6, 6.07) is 0.753. The van der Waals surface area contributed by atoms with Crippen LogP contribution in [0.4, 0.5) is 0 Å². The summed E-state index contributed by atoms with van der Waals surface area (Å²) >= 11 is 0. The van der Waals surface area contributed by atoms with Gasteiger partial charge in [0.2, 0.25) is 0 Å². The zero-order valence-corrected chi connectivity index (χ0v) is 12.8. The first-order valence-electron chi connectivity index (χ1n) is 8.00. The van der Waals surface area contributed by atoms with Crippen LogP contribution < -0.4 is 0 Å². The van der Waals surface area contributed by atoms with E-state index in [9.17, 15) is 0 Å². The standard InChI is InChI=1S/C18H27NO/c1-4-17-15(3)14(2)13-18(17)7-9-19(10-8-18)16-5-11-20-12-6-16/h4,16H,1-2,5-13H2,3H3. The third-order valence-corrected chi connectivity index (χ3v) is 5.72. The molecule has 110 valence electrons. The molecule has 2 heteroatoms. The first kappa shape index (κ1) is 14.1. The molecule has 0 atom stereocenters. The molecule has 3 rings (SSSR count). The van der Waals surface area contributed by atoms with Gasteiger partial charge in [-0.1, -0.05) is 24.8 Å². The van der Waals surface area contributed by atoms with Gasteiger partial charge in [0, 0.05) is 24.7 Å². The molecule has 0 unspecified atom stereocenters. The van der Waals surface area contributed by atoms with E-state index in [1.165, 1.54) is 55.5 Å². The molecule has 0 radical (unpaired) electrons. The Morgan fingerprint density at radius 3 is 2.50 bits per heavy atom. The molecule has 20 heavy (non-hydrogen) atoms. The minimum absolute atomic E-state index is 0.352. The Kier molecular flexibility index (Phi) is 3.87. The van der Waals surface area contributed by atoms with Crippen molar-refractivity contribution in [1.29, 1.82) is 0 Å². The van der Waals surface area contributed by atoms with Crippen LogP contribution in [0.15, 0.2) is 36.0 Å². The number of piperidine rings is 1. The van der Waals surface area contributed by atoms with E-state index < -0.39 is 0 Å². The van der Waals surface area contributed by atoms with E-state index in [1.54, 1.807) is 0 Å². The van der Waals surface area contributed by atoms with Gasteiger partial charge in [0.25, 0.3) is 0 Å². The van der Waals surface area contributed by atoms with Crippen molar-refractivity contribution in [2.75, 3.05) is 26.3 Å². The molecule has 0 aromatic carbocycles. The van der Waals surface area contributed by atoms with Crippen molar-refractivity contribution in [3.63, 3.8) is 0 Å². The van der Waals surface area contributed by atoms with Gasteiger partial charge in [-0.25, -0.2) is 0 Å². The Morgan fingerprint density at radius 2 is 1.90 bits per heavy atom. The average molecular weight is 273 g/mol. The van der Waals surface area contributed by atoms with Gasteiger partial charge in [-0.3, -0.25) is 0 Å². The molecule has 0 bridgehead atoms. The van der Waals surface area contributed by atoms with E-state index in [-0.39, 0.29) is 0 Å². The van der Waals surface area contributed by atoms with E-state index in [0.29, 0.717) is 5.41 Å². The van der Waals surface area contributed by atoms with Gasteiger partial charge >= 0.3 is 0 Å². The monoisotopic (exact) mass is 273 g/mol. The molecule has 0 aromatic heterocycles. The van der Waals surface area contributed by atoms with Crippen molar-refractivity contribution in [3.05, 3.63) is 36.0 Å². The largest absolute Gasteiger partial charge is 0.381 e. The number of hydrogen-bond donors (Lipinski definition) is 0. The number of hydrogen-bond acceptors (Lipinski definition) is 2. The predicted octanol–water partition coefficient (Wildman–Crippen LogP) is 3.71. The quantitative estimate of drug-likeness (QED) is 0.760. The van der Waals surface area contributed by atoms with Crippen LogP contribution >= 0.6 is 0 Å². The van der Waals surface area contributed by atoms with Gasteiger partial charge in [0.05, 0.1) is 0 Å². The van der Waals surface area contributed by atoms with Crippen LogP contribution in [0.2, 0.25) is 0 Å². The van der Waals surface area contributed by atoms with Crippen LogP contribution in [0, 0.1) is 5.41 Å². The first-order valence-corrected chi connectivity index (χ1v) is 8.00. The van der Waals surface area contributed by atoms with Crippen LogP contribution in [0.5, 0.6) is 0 Å². The summed E-state index contributed by atoms with van der Waals surface area (Å²) in [5.74, 6) is 0. The number of likely N-dealkylation sites (tertiary alicyclic amines) is 1. The summed E-state index contributed by atoms with van der Waals surface area (Å²) in [7, 11) is 0. The fourth-order valence-electron chi connectivity index (χ4n) is 4.41. The molecule has 0 amide bonds. The second-order valence-corrected chi connectivity index (χ2v) is 6.68. The van der Waals surface area contributed by atoms with Gasteiger partial charge in [0.15, 0.2) is 0 Å². The van der Waals surface area contributed by atoms with Gasteiger partial charge < -0.3 is 9.64 Å². The van der Waals surface area contributed by atoms with E-state index in [1.807, 2.05) is 0 Å². The summed E-state index contributed by atoms with van der Waals surface area (Å²) in [5.41, 5.74) is 4.57. The van der Waals surface area contributed by atoms with Gasteiger partial charge in [-0.05, 0) is 63.3 Å². The van der Waals surface area contributed by atoms with Crippen molar-refractivity contribution in [2.24, 2.45) is 5.41 Å². The number of ether oxygens (including phenoxy) is 1. The Balaban J connectivity index is 1.69. The lowest BCUT2D eigenvalue weighted by Crippen LogP contribution is -2.47. The minimum Gasteiger partial charge on any atom is -0.381 e. The van der Waals surface area contributed by atoms with Crippen molar-refractivity contribution in [3.8, 4) is 0 Å². The van der Waals surface area contributed by atoms with Crippen molar-refractivity contribution < 1.29 is 4.74 Å². The maximum Gasteiger partial charge on any atom is 0.0480 e. The lowest BCUT2D eigenvalue weighted by atomic mass is 9.72. The zero-order valence-electron chi connectivity index (χ0n) is 12.8. The zero-order chi connectivity index (χ0) is 14.2. The Bertz CT molecular complexity index is 434. The Labute approximate surface area is 123 Å². The van der Waals surface area contributed by atoms with Gasteiger partial charge in [0.1, 0.15) is 0 Å². The fourth-order valence-corrected chi connectivity index (χ4v) is 4.41. The highest BCUT2D eigenvalue weighted by Gasteiger charge is 2.43. The molecule has 0 saturated carbocycles. The predicted molar refractivity (Wildman–Crippen MR) is 83.7 cm³/mol. The Morgan fingerprint density at radius 1 is 1.25 bits per heavy atom. The van der Waals surface area contributed by atoms with Crippen LogP contribution in [-0.4, -0.2) is 37.2 Å². The van der Waals surface area contributed by atoms with E-state index >= 15 is 0 Å². The highest BCUT2D eigenvalue weighted by Crippen LogP contribution is 2.52. The summed E-state index contributed by atoms with van der Waals surface area (Å²) in [6.07, 6.45) is 8.20. The summed E-state index contributed by atoms with van der Waals surface area (Å²) in [5, 5.41) is 0. The normalized spacial score (nSPS) is 28.4. The summed E-state index contributed by atoms with van der Waals surface area (Å²) in [6.45, 7) is 14.9. The summed E-state index contributed by atoms with van der Waals surface area (Å²) in [4.78, 5) is 2.70. The fraction of sp³-hybridized carbons (Fsp3) is 0.667. The number of nitrogens with zero attached hydrogens (tertiary/aromatic N) is 1. The molecule has 0 aromatic rings. The lowest BCUT2D eigenvalue weighted by Gasteiger charge is -2.44. The van der Waals surface area contributed by atoms with Crippen molar-refractivity contribution >= 4 is 0 Å². The lowest BCUT2D eigenvalue weighted by molar-refractivity contribution is 0.0130. The van der Waals surface area contributed by atoms with E-state index in [4.69, 9.17) is 4.74 Å².